The highest BCUT2D eigenvalue weighted by atomic mass is 16.5. The van der Waals surface area contributed by atoms with Gasteiger partial charge in [0.15, 0.2) is 0 Å². The summed E-state index contributed by atoms with van der Waals surface area (Å²) in [4.78, 5) is 15.6. The van der Waals surface area contributed by atoms with Crippen LogP contribution in [0.1, 0.15) is 29.8 Å². The van der Waals surface area contributed by atoms with Crippen LogP contribution in [0.3, 0.4) is 0 Å². The van der Waals surface area contributed by atoms with E-state index in [0.717, 1.165) is 25.3 Å². The number of hydrogen-bond acceptors (Lipinski definition) is 4. The predicted octanol–water partition coefficient (Wildman–Crippen LogP) is 1.67. The third kappa shape index (κ3) is 3.67. The van der Waals surface area contributed by atoms with E-state index in [0.29, 0.717) is 11.1 Å². The van der Waals surface area contributed by atoms with Crippen LogP contribution in [0.25, 0.3) is 0 Å². The highest BCUT2D eigenvalue weighted by Gasteiger charge is 2.41. The zero-order valence-corrected chi connectivity index (χ0v) is 11.5. The van der Waals surface area contributed by atoms with Crippen molar-refractivity contribution in [3.63, 3.8) is 0 Å². The summed E-state index contributed by atoms with van der Waals surface area (Å²) in [7, 11) is 3.34. The topological polar surface area (TPSA) is 63.2 Å². The summed E-state index contributed by atoms with van der Waals surface area (Å²) < 4.78 is 5.14. The molecule has 5 nitrogen and oxygen atoms in total. The Labute approximate surface area is 113 Å². The van der Waals surface area contributed by atoms with Gasteiger partial charge < -0.3 is 15.4 Å². The summed E-state index contributed by atoms with van der Waals surface area (Å²) in [6, 6.07) is 3.67. The molecule has 1 fully saturated rings. The summed E-state index contributed by atoms with van der Waals surface area (Å²) in [5.74, 6) is -0.163. The number of methoxy groups -OCH3 is 1. The summed E-state index contributed by atoms with van der Waals surface area (Å²) in [6.45, 7) is 1.73. The van der Waals surface area contributed by atoms with Crippen molar-refractivity contribution in [2.45, 2.75) is 19.3 Å². The zero-order valence-electron chi connectivity index (χ0n) is 11.5. The molecule has 0 atom stereocenters. The van der Waals surface area contributed by atoms with E-state index in [1.165, 1.54) is 12.8 Å². The van der Waals surface area contributed by atoms with Crippen molar-refractivity contribution < 1.29 is 9.53 Å². The van der Waals surface area contributed by atoms with Gasteiger partial charge in [-0.15, -0.1) is 0 Å². The molecule has 0 saturated heterocycles. The number of anilines is 1. The highest BCUT2D eigenvalue weighted by Crippen LogP contribution is 2.48. The molecule has 0 unspecified atom stereocenters. The first-order chi connectivity index (χ1) is 9.19. The molecule has 2 N–H and O–H groups in total. The number of pyridine rings is 1. The fourth-order valence-corrected chi connectivity index (χ4v) is 2.09. The average Bonchev–Trinajstić information content (AvgIpc) is 3.23. The molecule has 104 valence electrons. The molecule has 1 heterocycles. The van der Waals surface area contributed by atoms with Crippen LogP contribution >= 0.6 is 0 Å². The molecular weight excluding hydrogens is 242 g/mol. The Morgan fingerprint density at radius 2 is 2.32 bits per heavy atom. The molecule has 19 heavy (non-hydrogen) atoms. The first-order valence-corrected chi connectivity index (χ1v) is 6.60. The maximum atomic E-state index is 11.5. The van der Waals surface area contributed by atoms with Gasteiger partial charge in [0.05, 0.1) is 0 Å². The Morgan fingerprint density at radius 1 is 1.53 bits per heavy atom. The summed E-state index contributed by atoms with van der Waals surface area (Å²) in [6.07, 6.45) is 5.24. The van der Waals surface area contributed by atoms with E-state index in [4.69, 9.17) is 4.74 Å². The molecule has 1 aliphatic carbocycles. The molecule has 0 aromatic carbocycles. The molecule has 2 rings (SSSR count). The number of ether oxygens (including phenoxy) is 1. The van der Waals surface area contributed by atoms with Gasteiger partial charge in [-0.1, -0.05) is 0 Å². The van der Waals surface area contributed by atoms with Crippen molar-refractivity contribution in [2.24, 2.45) is 5.41 Å². The fourth-order valence-electron chi connectivity index (χ4n) is 2.09. The minimum Gasteiger partial charge on any atom is -0.385 e. The molecule has 0 bridgehead atoms. The van der Waals surface area contributed by atoms with Crippen LogP contribution in [0.2, 0.25) is 0 Å². The van der Waals surface area contributed by atoms with Gasteiger partial charge in [0.25, 0.3) is 5.91 Å². The van der Waals surface area contributed by atoms with Crippen LogP contribution in [0.5, 0.6) is 0 Å². The van der Waals surface area contributed by atoms with E-state index in [1.807, 2.05) is 6.07 Å². The first-order valence-electron chi connectivity index (χ1n) is 6.60. The number of rotatable bonds is 7. The van der Waals surface area contributed by atoms with Crippen LogP contribution in [-0.2, 0) is 4.74 Å². The second-order valence-corrected chi connectivity index (χ2v) is 5.11. The lowest BCUT2D eigenvalue weighted by Crippen LogP contribution is -2.20. The third-order valence-electron chi connectivity index (χ3n) is 3.68. The smallest absolute Gasteiger partial charge is 0.269 e. The zero-order chi connectivity index (χ0) is 13.7. The van der Waals surface area contributed by atoms with Gasteiger partial charge >= 0.3 is 0 Å². The quantitative estimate of drug-likeness (QED) is 0.785. The minimum atomic E-state index is -0.163. The lowest BCUT2D eigenvalue weighted by atomic mass is 10.0. The second-order valence-electron chi connectivity index (χ2n) is 5.11. The van der Waals surface area contributed by atoms with Crippen molar-refractivity contribution >= 4 is 11.6 Å². The van der Waals surface area contributed by atoms with Crippen LogP contribution in [0.4, 0.5) is 5.69 Å². The standard InChI is InChI=1S/C14H21N3O2/c1-15-13(18)12-9-11(3-7-16-12)17-10-14(4-5-14)6-8-19-2/h3,7,9H,4-6,8,10H2,1-2H3,(H,15,18)(H,16,17). The van der Waals surface area contributed by atoms with Crippen molar-refractivity contribution in [1.82, 2.24) is 10.3 Å². The van der Waals surface area contributed by atoms with Crippen LogP contribution < -0.4 is 10.6 Å². The highest BCUT2D eigenvalue weighted by molar-refractivity contribution is 5.92. The van der Waals surface area contributed by atoms with Crippen LogP contribution in [-0.4, -0.2) is 38.2 Å². The van der Waals surface area contributed by atoms with E-state index < -0.39 is 0 Å². The molecule has 5 heteroatoms. The number of amides is 1. The monoisotopic (exact) mass is 263 g/mol. The largest absolute Gasteiger partial charge is 0.385 e. The summed E-state index contributed by atoms with van der Waals surface area (Å²) in [5, 5.41) is 5.98. The molecule has 1 aliphatic rings. The second kappa shape index (κ2) is 6.02. The molecule has 1 aromatic rings. The number of nitrogens with one attached hydrogen (secondary N) is 2. The number of carbonyl (C=O) groups is 1. The molecule has 0 aliphatic heterocycles. The van der Waals surface area contributed by atoms with E-state index in [2.05, 4.69) is 15.6 Å². The Hall–Kier alpha value is -1.62. The van der Waals surface area contributed by atoms with Gasteiger partial charge in [0, 0.05) is 39.2 Å². The molecule has 1 amide bonds. The normalized spacial score (nSPS) is 15.9. The Kier molecular flexibility index (Phi) is 4.37. The number of hydrogen-bond donors (Lipinski definition) is 2. The Bertz CT molecular complexity index is 444. The summed E-state index contributed by atoms with van der Waals surface area (Å²) in [5.41, 5.74) is 1.76. The third-order valence-corrected chi connectivity index (χ3v) is 3.68. The maximum Gasteiger partial charge on any atom is 0.269 e. The summed E-state index contributed by atoms with van der Waals surface area (Å²) >= 11 is 0. The average molecular weight is 263 g/mol. The van der Waals surface area contributed by atoms with E-state index in [9.17, 15) is 4.79 Å². The van der Waals surface area contributed by atoms with Gasteiger partial charge in [0.2, 0.25) is 0 Å². The molecule has 0 radical (unpaired) electrons. The van der Waals surface area contributed by atoms with Crippen molar-refractivity contribution in [3.05, 3.63) is 24.0 Å². The molecular formula is C14H21N3O2. The van der Waals surface area contributed by atoms with E-state index >= 15 is 0 Å². The van der Waals surface area contributed by atoms with Gasteiger partial charge in [-0.2, -0.15) is 0 Å². The number of aromatic nitrogens is 1. The van der Waals surface area contributed by atoms with Crippen molar-refractivity contribution in [1.29, 1.82) is 0 Å². The maximum absolute atomic E-state index is 11.5. The van der Waals surface area contributed by atoms with Gasteiger partial charge in [-0.05, 0) is 36.8 Å². The predicted molar refractivity (Wildman–Crippen MR) is 74.3 cm³/mol. The molecule has 1 aromatic heterocycles. The number of carbonyl (C=O) groups excluding carboxylic acids is 1. The van der Waals surface area contributed by atoms with E-state index in [1.54, 1.807) is 26.4 Å². The van der Waals surface area contributed by atoms with Crippen molar-refractivity contribution in [2.75, 3.05) is 32.6 Å². The lowest BCUT2D eigenvalue weighted by molar-refractivity contribution is 0.0958. The number of nitrogens with zero attached hydrogens (tertiary/aromatic N) is 1. The lowest BCUT2D eigenvalue weighted by Gasteiger charge is -2.16. The first kappa shape index (κ1) is 13.8. The molecule has 1 saturated carbocycles. The molecule has 0 spiro atoms. The minimum absolute atomic E-state index is 0.163. The van der Waals surface area contributed by atoms with Gasteiger partial charge in [0.1, 0.15) is 5.69 Å². The van der Waals surface area contributed by atoms with Gasteiger partial charge in [-0.3, -0.25) is 9.78 Å². The SMILES string of the molecule is CNC(=O)c1cc(NCC2(CCOC)CC2)ccn1. The van der Waals surface area contributed by atoms with Crippen LogP contribution in [0, 0.1) is 5.41 Å². The van der Waals surface area contributed by atoms with Crippen LogP contribution in [0.15, 0.2) is 18.3 Å². The fraction of sp³-hybridized carbons (Fsp3) is 0.571. The Morgan fingerprint density at radius 3 is 2.95 bits per heavy atom. The van der Waals surface area contributed by atoms with E-state index in [-0.39, 0.29) is 5.91 Å². The van der Waals surface area contributed by atoms with Crippen molar-refractivity contribution in [3.8, 4) is 0 Å². The Balaban J connectivity index is 1.91. The van der Waals surface area contributed by atoms with Gasteiger partial charge in [-0.25, -0.2) is 0 Å².